The van der Waals surface area contributed by atoms with Gasteiger partial charge >= 0.3 is 0 Å². The van der Waals surface area contributed by atoms with E-state index in [-0.39, 0.29) is 24.4 Å². The van der Waals surface area contributed by atoms with E-state index in [1.807, 2.05) is 13.8 Å². The summed E-state index contributed by atoms with van der Waals surface area (Å²) in [4.78, 5) is 25.3. The SMILES string of the molecule is COc1cc(OC)c([C@@H](CC(C)=O)[C@@H](CC(C)=O)c2c(OC)cc(OC)c(OC)c2C)c(C)c1OC. The van der Waals surface area contributed by atoms with Crippen molar-refractivity contribution in [2.24, 2.45) is 0 Å². The van der Waals surface area contributed by atoms with E-state index >= 15 is 0 Å². The van der Waals surface area contributed by atoms with Gasteiger partial charge in [-0.25, -0.2) is 0 Å². The Kier molecular flexibility index (Phi) is 10.0. The summed E-state index contributed by atoms with van der Waals surface area (Å²) in [5.74, 6) is 2.27. The van der Waals surface area contributed by atoms with Gasteiger partial charge in [-0.1, -0.05) is 0 Å². The van der Waals surface area contributed by atoms with E-state index in [4.69, 9.17) is 28.4 Å². The second kappa shape index (κ2) is 12.5. The minimum atomic E-state index is -0.438. The zero-order valence-electron chi connectivity index (χ0n) is 23.0. The van der Waals surface area contributed by atoms with Crippen LogP contribution in [-0.2, 0) is 9.59 Å². The number of ketones is 2. The van der Waals surface area contributed by atoms with Crippen molar-refractivity contribution in [2.45, 2.75) is 52.4 Å². The molecule has 198 valence electrons. The van der Waals surface area contributed by atoms with Crippen molar-refractivity contribution in [1.29, 1.82) is 0 Å². The van der Waals surface area contributed by atoms with Gasteiger partial charge < -0.3 is 38.0 Å². The standard InChI is InChI=1S/C28H38O8/c1-15(29)11-19(25-17(3)27(35-9)23(33-7)13-21(25)31-5)20(12-16(2)30)26-18(4)28(36-10)24(34-8)14-22(26)32-6/h13-14,19-20H,11-12H2,1-10H3/t19-,20+. The van der Waals surface area contributed by atoms with Crippen LogP contribution in [0.5, 0.6) is 34.5 Å². The summed E-state index contributed by atoms with van der Waals surface area (Å²) in [6.45, 7) is 6.88. The van der Waals surface area contributed by atoms with E-state index in [1.54, 1.807) is 68.6 Å². The molecule has 0 aromatic heterocycles. The number of Topliss-reactive ketones (excluding diaryl/α,β-unsaturated/α-hetero) is 2. The molecule has 0 fully saturated rings. The summed E-state index contributed by atoms with van der Waals surface area (Å²) >= 11 is 0. The third-order valence-corrected chi connectivity index (χ3v) is 6.52. The van der Waals surface area contributed by atoms with Crippen LogP contribution in [-0.4, -0.2) is 54.2 Å². The molecule has 0 unspecified atom stereocenters. The normalized spacial score (nSPS) is 12.4. The number of methoxy groups -OCH3 is 6. The molecule has 0 spiro atoms. The van der Waals surface area contributed by atoms with Crippen LogP contribution in [0.4, 0.5) is 0 Å². The van der Waals surface area contributed by atoms with E-state index in [9.17, 15) is 9.59 Å². The number of rotatable bonds is 13. The molecular formula is C28H38O8. The number of benzene rings is 2. The van der Waals surface area contributed by atoms with Crippen molar-refractivity contribution in [2.75, 3.05) is 42.7 Å². The molecule has 8 nitrogen and oxygen atoms in total. The number of hydrogen-bond donors (Lipinski definition) is 0. The van der Waals surface area contributed by atoms with Crippen molar-refractivity contribution < 1.29 is 38.0 Å². The van der Waals surface area contributed by atoms with Gasteiger partial charge in [0.1, 0.15) is 23.1 Å². The van der Waals surface area contributed by atoms with Crippen LogP contribution < -0.4 is 28.4 Å². The van der Waals surface area contributed by atoms with Gasteiger partial charge in [-0.2, -0.15) is 0 Å². The van der Waals surface area contributed by atoms with Gasteiger partial charge in [0.15, 0.2) is 23.0 Å². The Bertz CT molecular complexity index is 1020. The lowest BCUT2D eigenvalue weighted by molar-refractivity contribution is -0.119. The fourth-order valence-corrected chi connectivity index (χ4v) is 5.09. The Hall–Kier alpha value is -3.42. The highest BCUT2D eigenvalue weighted by Crippen LogP contribution is 2.52. The average Bonchev–Trinajstić information content (AvgIpc) is 2.84. The zero-order valence-corrected chi connectivity index (χ0v) is 23.0. The Morgan fingerprint density at radius 3 is 1.11 bits per heavy atom. The second-order valence-electron chi connectivity index (χ2n) is 8.73. The first-order valence-electron chi connectivity index (χ1n) is 11.7. The van der Waals surface area contributed by atoms with E-state index < -0.39 is 11.8 Å². The van der Waals surface area contributed by atoms with Crippen LogP contribution in [0.15, 0.2) is 12.1 Å². The van der Waals surface area contributed by atoms with Crippen molar-refractivity contribution >= 4 is 11.6 Å². The van der Waals surface area contributed by atoms with E-state index in [0.29, 0.717) is 34.5 Å². The van der Waals surface area contributed by atoms with Gasteiger partial charge in [-0.3, -0.25) is 0 Å². The molecule has 36 heavy (non-hydrogen) atoms. The Balaban J connectivity index is 3.01. The number of ether oxygens (including phenoxy) is 6. The monoisotopic (exact) mass is 502 g/mol. The van der Waals surface area contributed by atoms with Gasteiger partial charge in [-0.05, 0) is 27.7 Å². The highest BCUT2D eigenvalue weighted by atomic mass is 16.5. The molecule has 0 aliphatic rings. The lowest BCUT2D eigenvalue weighted by Crippen LogP contribution is -2.21. The first-order chi connectivity index (χ1) is 17.1. The first kappa shape index (κ1) is 28.8. The minimum Gasteiger partial charge on any atom is -0.496 e. The summed E-state index contributed by atoms with van der Waals surface area (Å²) in [6, 6.07) is 3.50. The summed E-state index contributed by atoms with van der Waals surface area (Å²) in [6.07, 6.45) is 0.336. The maximum atomic E-state index is 12.6. The third kappa shape index (κ3) is 5.69. The topological polar surface area (TPSA) is 89.5 Å². The maximum Gasteiger partial charge on any atom is 0.164 e. The molecule has 0 aliphatic carbocycles. The quantitative estimate of drug-likeness (QED) is 0.370. The summed E-state index contributed by atoms with van der Waals surface area (Å²) in [5.41, 5.74) is 3.08. The van der Waals surface area contributed by atoms with Crippen LogP contribution in [0.25, 0.3) is 0 Å². The summed E-state index contributed by atoms with van der Waals surface area (Å²) < 4.78 is 33.9. The molecule has 0 amide bonds. The van der Waals surface area contributed by atoms with Crippen LogP contribution in [0.3, 0.4) is 0 Å². The fraction of sp³-hybridized carbons (Fsp3) is 0.500. The van der Waals surface area contributed by atoms with Crippen molar-refractivity contribution in [3.8, 4) is 34.5 Å². The number of hydrogen-bond acceptors (Lipinski definition) is 8. The van der Waals surface area contributed by atoms with Gasteiger partial charge in [0.05, 0.1) is 42.7 Å². The Labute approximate surface area is 213 Å². The van der Waals surface area contributed by atoms with Crippen LogP contribution in [0.2, 0.25) is 0 Å². The summed E-state index contributed by atoms with van der Waals surface area (Å²) in [7, 11) is 9.37. The Morgan fingerprint density at radius 1 is 0.583 bits per heavy atom. The molecule has 0 radical (unpaired) electrons. The predicted molar refractivity (Wildman–Crippen MR) is 138 cm³/mol. The molecule has 0 saturated heterocycles. The van der Waals surface area contributed by atoms with Crippen molar-refractivity contribution in [1.82, 2.24) is 0 Å². The lowest BCUT2D eigenvalue weighted by atomic mass is 9.73. The highest BCUT2D eigenvalue weighted by Gasteiger charge is 2.36. The number of carbonyl (C=O) groups is 2. The Morgan fingerprint density at radius 2 is 0.889 bits per heavy atom. The molecule has 2 atom stereocenters. The van der Waals surface area contributed by atoms with E-state index in [2.05, 4.69) is 0 Å². The van der Waals surface area contributed by atoms with Crippen LogP contribution >= 0.6 is 0 Å². The maximum absolute atomic E-state index is 12.6. The average molecular weight is 503 g/mol. The zero-order chi connectivity index (χ0) is 27.2. The fourth-order valence-electron chi connectivity index (χ4n) is 5.09. The molecule has 0 aliphatic heterocycles. The van der Waals surface area contributed by atoms with Gasteiger partial charge in [0.2, 0.25) is 0 Å². The lowest BCUT2D eigenvalue weighted by Gasteiger charge is -2.32. The van der Waals surface area contributed by atoms with E-state index in [1.165, 1.54) is 0 Å². The molecule has 2 rings (SSSR count). The largest absolute Gasteiger partial charge is 0.496 e. The van der Waals surface area contributed by atoms with E-state index in [0.717, 1.165) is 22.3 Å². The molecule has 2 aromatic rings. The van der Waals surface area contributed by atoms with Gasteiger partial charge in [0.25, 0.3) is 0 Å². The first-order valence-corrected chi connectivity index (χ1v) is 11.7. The molecule has 2 aromatic carbocycles. The molecule has 8 heteroatoms. The smallest absolute Gasteiger partial charge is 0.164 e. The van der Waals surface area contributed by atoms with Crippen LogP contribution in [0.1, 0.15) is 60.8 Å². The predicted octanol–water partition coefficient (Wildman–Crippen LogP) is 5.18. The molecule has 0 heterocycles. The molecular weight excluding hydrogens is 464 g/mol. The van der Waals surface area contributed by atoms with Crippen molar-refractivity contribution in [3.05, 3.63) is 34.4 Å². The van der Waals surface area contributed by atoms with Gasteiger partial charge in [-0.15, -0.1) is 0 Å². The molecule has 0 bridgehead atoms. The van der Waals surface area contributed by atoms with Crippen LogP contribution in [0, 0.1) is 13.8 Å². The second-order valence-corrected chi connectivity index (χ2v) is 8.73. The molecule has 0 saturated carbocycles. The highest BCUT2D eigenvalue weighted by molar-refractivity contribution is 5.80. The molecule has 0 N–H and O–H groups in total. The number of carbonyl (C=O) groups excluding carboxylic acids is 2. The van der Waals surface area contributed by atoms with Crippen molar-refractivity contribution in [3.63, 3.8) is 0 Å². The third-order valence-electron chi connectivity index (χ3n) is 6.52. The van der Waals surface area contributed by atoms with Gasteiger partial charge in [0, 0.05) is 59.1 Å². The summed E-state index contributed by atoms with van der Waals surface area (Å²) in [5, 5.41) is 0. The minimum absolute atomic E-state index is 0.0260.